The lowest BCUT2D eigenvalue weighted by atomic mass is 9.82. The number of benzene rings is 1. The zero-order valence-electron chi connectivity index (χ0n) is 17.2. The molecule has 3 aliphatic carbocycles. The lowest BCUT2D eigenvalue weighted by Crippen LogP contribution is -2.36. The number of para-hydroxylation sites is 1. The third kappa shape index (κ3) is 3.37. The summed E-state index contributed by atoms with van der Waals surface area (Å²) in [5.74, 6) is -2.90. The number of fused-ring (bicyclic) bond motifs is 3. The fourth-order valence-corrected chi connectivity index (χ4v) is 6.63. The molecule has 1 heterocycles. The predicted octanol–water partition coefficient (Wildman–Crippen LogP) is 4.26. The van der Waals surface area contributed by atoms with E-state index in [2.05, 4.69) is 10.6 Å². The summed E-state index contributed by atoms with van der Waals surface area (Å²) in [6, 6.07) is 7.59. The highest BCUT2D eigenvalue weighted by molar-refractivity contribution is 7.17. The number of aryl methyl sites for hydroxylation is 2. The van der Waals surface area contributed by atoms with E-state index in [1.54, 1.807) is 0 Å². The Morgan fingerprint density at radius 3 is 2.52 bits per heavy atom. The lowest BCUT2D eigenvalue weighted by molar-refractivity contribution is -0.146. The highest BCUT2D eigenvalue weighted by Gasteiger charge is 2.51. The Labute approximate surface area is 184 Å². The van der Waals surface area contributed by atoms with Crippen molar-refractivity contribution in [2.75, 3.05) is 10.6 Å². The molecule has 0 saturated heterocycles. The smallest absolute Gasteiger partial charge is 0.307 e. The topological polar surface area (TPSA) is 95.5 Å². The van der Waals surface area contributed by atoms with Crippen molar-refractivity contribution in [3.63, 3.8) is 0 Å². The van der Waals surface area contributed by atoms with Gasteiger partial charge in [0.2, 0.25) is 5.91 Å². The van der Waals surface area contributed by atoms with Crippen LogP contribution in [-0.4, -0.2) is 22.9 Å². The monoisotopic (exact) mass is 436 g/mol. The number of aliphatic carboxylic acids is 1. The molecule has 3 aliphatic rings. The first-order chi connectivity index (χ1) is 14.9. The number of amides is 2. The molecule has 160 valence electrons. The van der Waals surface area contributed by atoms with Gasteiger partial charge in [0.25, 0.3) is 5.91 Å². The summed E-state index contributed by atoms with van der Waals surface area (Å²) in [6.07, 6.45) is 7.31. The summed E-state index contributed by atoms with van der Waals surface area (Å²) in [7, 11) is 0. The SMILES string of the molecule is Cc1ccccc1NC(=O)c1c(NC(=O)[C@@H]2[C@@H](C(=O)O)[C@H]3C=C[C@@H]2C3)sc2c1CCC2. The summed E-state index contributed by atoms with van der Waals surface area (Å²) in [6.45, 7) is 1.94. The van der Waals surface area contributed by atoms with Gasteiger partial charge in [0, 0.05) is 10.6 Å². The van der Waals surface area contributed by atoms with Crippen LogP contribution < -0.4 is 10.6 Å². The van der Waals surface area contributed by atoms with Gasteiger partial charge in [0.05, 0.1) is 17.4 Å². The molecule has 2 bridgehead atoms. The van der Waals surface area contributed by atoms with Gasteiger partial charge in [0.15, 0.2) is 0 Å². The first-order valence-electron chi connectivity index (χ1n) is 10.7. The van der Waals surface area contributed by atoms with E-state index in [0.717, 1.165) is 41.0 Å². The fourth-order valence-electron chi connectivity index (χ4n) is 5.34. The molecule has 31 heavy (non-hydrogen) atoms. The van der Waals surface area contributed by atoms with E-state index in [0.29, 0.717) is 17.0 Å². The van der Waals surface area contributed by atoms with Crippen molar-refractivity contribution in [2.45, 2.75) is 32.6 Å². The number of rotatable bonds is 5. The van der Waals surface area contributed by atoms with Gasteiger partial charge in [-0.05, 0) is 61.6 Å². The summed E-state index contributed by atoms with van der Waals surface area (Å²) in [5, 5.41) is 16.2. The predicted molar refractivity (Wildman–Crippen MR) is 119 cm³/mol. The van der Waals surface area contributed by atoms with Crippen LogP contribution in [0.25, 0.3) is 0 Å². The molecule has 1 saturated carbocycles. The number of hydrogen-bond acceptors (Lipinski definition) is 4. The molecule has 2 aromatic rings. The van der Waals surface area contributed by atoms with Crippen LogP contribution in [0, 0.1) is 30.6 Å². The second-order valence-corrected chi connectivity index (χ2v) is 9.76. The summed E-state index contributed by atoms with van der Waals surface area (Å²) in [4.78, 5) is 39.4. The molecule has 3 N–H and O–H groups in total. The quantitative estimate of drug-likeness (QED) is 0.611. The zero-order chi connectivity index (χ0) is 21.7. The van der Waals surface area contributed by atoms with Gasteiger partial charge < -0.3 is 15.7 Å². The minimum atomic E-state index is -0.928. The average molecular weight is 437 g/mol. The standard InChI is InChI=1S/C24H24N2O4S/c1-12-5-2-3-7-16(12)25-22(28)20-15-6-4-8-17(15)31-23(20)26-21(27)18-13-9-10-14(11-13)19(18)24(29)30/h2-3,5,7,9-10,13-14,18-19H,4,6,8,11H2,1H3,(H,25,28)(H,26,27)(H,29,30)/t13-,14+,18+,19+/m1/s1. The van der Waals surface area contributed by atoms with Gasteiger partial charge in [-0.1, -0.05) is 30.4 Å². The molecule has 6 nitrogen and oxygen atoms in total. The summed E-state index contributed by atoms with van der Waals surface area (Å²) < 4.78 is 0. The molecular formula is C24H24N2O4S. The second kappa shape index (κ2) is 7.64. The Morgan fingerprint density at radius 1 is 1.03 bits per heavy atom. The maximum atomic E-state index is 13.2. The second-order valence-electron chi connectivity index (χ2n) is 8.66. The Kier molecular flexibility index (Phi) is 4.93. The number of thiophene rings is 1. The van der Waals surface area contributed by atoms with Crippen molar-refractivity contribution in [1.29, 1.82) is 0 Å². The van der Waals surface area contributed by atoms with Gasteiger partial charge in [-0.3, -0.25) is 14.4 Å². The van der Waals surface area contributed by atoms with Gasteiger partial charge in [-0.15, -0.1) is 11.3 Å². The van der Waals surface area contributed by atoms with E-state index in [4.69, 9.17) is 0 Å². The molecule has 0 unspecified atom stereocenters. The Bertz CT molecular complexity index is 1120. The highest BCUT2D eigenvalue weighted by Crippen LogP contribution is 2.49. The molecule has 0 aliphatic heterocycles. The van der Waals surface area contributed by atoms with Crippen LogP contribution in [0.3, 0.4) is 0 Å². The molecule has 4 atom stereocenters. The average Bonchev–Trinajstić information content (AvgIpc) is 3.49. The maximum absolute atomic E-state index is 13.2. The number of anilines is 2. The van der Waals surface area contributed by atoms with E-state index < -0.39 is 17.8 Å². The number of carboxylic acids is 1. The molecule has 1 aromatic heterocycles. The summed E-state index contributed by atoms with van der Waals surface area (Å²) >= 11 is 1.45. The van der Waals surface area contributed by atoms with Crippen LogP contribution in [0.4, 0.5) is 10.7 Å². The minimum absolute atomic E-state index is 0.0536. The zero-order valence-corrected chi connectivity index (χ0v) is 18.0. The van der Waals surface area contributed by atoms with E-state index in [-0.39, 0.29) is 23.7 Å². The first kappa shape index (κ1) is 20.0. The number of carbonyl (C=O) groups is 3. The molecule has 7 heteroatoms. The Balaban J connectivity index is 1.43. The number of allylic oxidation sites excluding steroid dienone is 2. The van der Waals surface area contributed by atoms with Crippen LogP contribution >= 0.6 is 11.3 Å². The molecule has 1 aromatic carbocycles. The van der Waals surface area contributed by atoms with E-state index in [9.17, 15) is 19.5 Å². The van der Waals surface area contributed by atoms with Crippen molar-refractivity contribution < 1.29 is 19.5 Å². The van der Waals surface area contributed by atoms with Gasteiger partial charge in [-0.2, -0.15) is 0 Å². The Hall–Kier alpha value is -2.93. The highest BCUT2D eigenvalue weighted by atomic mass is 32.1. The number of nitrogens with one attached hydrogen (secondary N) is 2. The lowest BCUT2D eigenvalue weighted by Gasteiger charge is -2.23. The van der Waals surface area contributed by atoms with Crippen LogP contribution in [0.2, 0.25) is 0 Å². The van der Waals surface area contributed by atoms with E-state index in [1.165, 1.54) is 11.3 Å². The normalized spacial score (nSPS) is 25.5. The van der Waals surface area contributed by atoms with Crippen molar-refractivity contribution in [2.24, 2.45) is 23.7 Å². The number of carboxylic acid groups (broad SMARTS) is 1. The Morgan fingerprint density at radius 2 is 1.77 bits per heavy atom. The van der Waals surface area contributed by atoms with Crippen LogP contribution in [-0.2, 0) is 22.4 Å². The molecule has 0 radical (unpaired) electrons. The van der Waals surface area contributed by atoms with Crippen LogP contribution in [0.1, 0.15) is 39.2 Å². The number of hydrogen-bond donors (Lipinski definition) is 3. The summed E-state index contributed by atoms with van der Waals surface area (Å²) in [5.41, 5.74) is 3.24. The maximum Gasteiger partial charge on any atom is 0.307 e. The van der Waals surface area contributed by atoms with Gasteiger partial charge in [-0.25, -0.2) is 0 Å². The third-order valence-electron chi connectivity index (χ3n) is 6.83. The molecule has 2 amide bonds. The minimum Gasteiger partial charge on any atom is -0.481 e. The van der Waals surface area contributed by atoms with Crippen molar-refractivity contribution in [1.82, 2.24) is 0 Å². The molecule has 1 fully saturated rings. The van der Waals surface area contributed by atoms with E-state index in [1.807, 2.05) is 43.3 Å². The number of carbonyl (C=O) groups excluding carboxylic acids is 2. The van der Waals surface area contributed by atoms with Crippen molar-refractivity contribution in [3.05, 3.63) is 58.0 Å². The van der Waals surface area contributed by atoms with Crippen molar-refractivity contribution in [3.8, 4) is 0 Å². The third-order valence-corrected chi connectivity index (χ3v) is 8.03. The largest absolute Gasteiger partial charge is 0.481 e. The molecule has 0 spiro atoms. The first-order valence-corrected chi connectivity index (χ1v) is 11.5. The van der Waals surface area contributed by atoms with Crippen molar-refractivity contribution >= 4 is 39.8 Å². The molecular weight excluding hydrogens is 412 g/mol. The fraction of sp³-hybridized carbons (Fsp3) is 0.375. The van der Waals surface area contributed by atoms with Crippen LogP contribution in [0.15, 0.2) is 36.4 Å². The van der Waals surface area contributed by atoms with Gasteiger partial charge >= 0.3 is 5.97 Å². The van der Waals surface area contributed by atoms with E-state index >= 15 is 0 Å². The van der Waals surface area contributed by atoms with Crippen LogP contribution in [0.5, 0.6) is 0 Å². The molecule has 5 rings (SSSR count). The van der Waals surface area contributed by atoms with Gasteiger partial charge in [0.1, 0.15) is 5.00 Å².